The van der Waals surface area contributed by atoms with Crippen LogP contribution in [0.4, 0.5) is 17.5 Å². The molecular weight excluding hydrogens is 364 g/mol. The lowest BCUT2D eigenvalue weighted by Crippen LogP contribution is -2.36. The first kappa shape index (κ1) is 18.0. The van der Waals surface area contributed by atoms with Crippen LogP contribution in [-0.4, -0.2) is 36.8 Å². The summed E-state index contributed by atoms with van der Waals surface area (Å²) in [6.07, 6.45) is 5.26. The van der Waals surface area contributed by atoms with E-state index in [-0.39, 0.29) is 12.1 Å². The largest absolute Gasteiger partial charge is 0.391 e. The van der Waals surface area contributed by atoms with Crippen molar-refractivity contribution < 1.29 is 5.11 Å². The summed E-state index contributed by atoms with van der Waals surface area (Å²) in [5.74, 6) is 1.11. The molecular formula is C19H23ClN6O. The molecule has 2 aromatic heterocycles. The van der Waals surface area contributed by atoms with Crippen molar-refractivity contribution in [3.05, 3.63) is 35.6 Å². The van der Waals surface area contributed by atoms with Crippen LogP contribution >= 0.6 is 11.6 Å². The number of nitrogens with zero attached hydrogens (tertiary/aromatic N) is 4. The van der Waals surface area contributed by atoms with E-state index in [1.54, 1.807) is 6.33 Å². The highest BCUT2D eigenvalue weighted by atomic mass is 35.5. The average molecular weight is 387 g/mol. The summed E-state index contributed by atoms with van der Waals surface area (Å²) in [7, 11) is 0. The van der Waals surface area contributed by atoms with E-state index >= 15 is 0 Å². The molecule has 0 bridgehead atoms. The number of aliphatic hydroxyl groups is 1. The summed E-state index contributed by atoms with van der Waals surface area (Å²) in [4.78, 5) is 13.8. The number of aliphatic hydroxyl groups excluding tert-OH is 1. The Morgan fingerprint density at radius 1 is 1.26 bits per heavy atom. The number of hydrogen-bond acceptors (Lipinski definition) is 6. The molecule has 1 aromatic carbocycles. The van der Waals surface area contributed by atoms with Gasteiger partial charge in [0, 0.05) is 17.3 Å². The van der Waals surface area contributed by atoms with E-state index in [4.69, 9.17) is 11.6 Å². The van der Waals surface area contributed by atoms with Crippen LogP contribution < -0.4 is 10.6 Å². The van der Waals surface area contributed by atoms with Gasteiger partial charge in [-0.15, -0.1) is 0 Å². The van der Waals surface area contributed by atoms with Crippen LogP contribution in [-0.2, 0) is 6.54 Å². The number of halogens is 1. The average Bonchev–Trinajstić information content (AvgIpc) is 3.07. The van der Waals surface area contributed by atoms with Crippen molar-refractivity contribution in [2.24, 2.45) is 0 Å². The Kier molecular flexibility index (Phi) is 5.13. The smallest absolute Gasteiger partial charge is 0.227 e. The molecule has 27 heavy (non-hydrogen) atoms. The van der Waals surface area contributed by atoms with E-state index in [1.807, 2.05) is 35.8 Å². The van der Waals surface area contributed by atoms with E-state index in [0.29, 0.717) is 22.3 Å². The van der Waals surface area contributed by atoms with E-state index < -0.39 is 0 Å². The molecule has 7 nitrogen and oxygen atoms in total. The van der Waals surface area contributed by atoms with Crippen LogP contribution in [0.1, 0.15) is 32.6 Å². The number of benzene rings is 1. The summed E-state index contributed by atoms with van der Waals surface area (Å²) in [5, 5.41) is 17.5. The Hall–Kier alpha value is -2.38. The van der Waals surface area contributed by atoms with Gasteiger partial charge < -0.3 is 20.3 Å². The highest BCUT2D eigenvalue weighted by Gasteiger charge is 2.24. The van der Waals surface area contributed by atoms with Crippen LogP contribution in [0.25, 0.3) is 11.2 Å². The van der Waals surface area contributed by atoms with Gasteiger partial charge >= 0.3 is 0 Å². The predicted molar refractivity (Wildman–Crippen MR) is 108 cm³/mol. The fourth-order valence-electron chi connectivity index (χ4n) is 3.48. The quantitative estimate of drug-likeness (QED) is 0.615. The van der Waals surface area contributed by atoms with Gasteiger partial charge in [0.25, 0.3) is 0 Å². The Labute approximate surface area is 162 Å². The molecule has 1 aliphatic carbocycles. The molecule has 2 heterocycles. The number of nitrogens with one attached hydrogen (secondary N) is 2. The fraction of sp³-hybridized carbons (Fsp3) is 0.421. The van der Waals surface area contributed by atoms with E-state index in [9.17, 15) is 5.11 Å². The van der Waals surface area contributed by atoms with Gasteiger partial charge in [0.15, 0.2) is 17.0 Å². The zero-order chi connectivity index (χ0) is 18.8. The van der Waals surface area contributed by atoms with Gasteiger partial charge in [-0.25, -0.2) is 4.98 Å². The Bertz CT molecular complexity index is 943. The second kappa shape index (κ2) is 7.70. The fourth-order valence-corrected chi connectivity index (χ4v) is 3.67. The lowest BCUT2D eigenvalue weighted by atomic mass is 9.93. The van der Waals surface area contributed by atoms with Gasteiger partial charge in [0.1, 0.15) is 0 Å². The first-order chi connectivity index (χ1) is 13.1. The molecule has 1 fully saturated rings. The Morgan fingerprint density at radius 3 is 2.89 bits per heavy atom. The maximum absolute atomic E-state index is 10.3. The van der Waals surface area contributed by atoms with Crippen molar-refractivity contribution in [3.63, 3.8) is 0 Å². The SMILES string of the molecule is CCn1cnc2c(Nc3cccc(Cl)c3)nc(NC3CCCCC3O)nc21. The molecule has 0 aliphatic heterocycles. The molecule has 3 N–H and O–H groups in total. The van der Waals surface area contributed by atoms with Gasteiger partial charge in [0.2, 0.25) is 5.95 Å². The first-order valence-corrected chi connectivity index (χ1v) is 9.72. The lowest BCUT2D eigenvalue weighted by Gasteiger charge is -2.28. The predicted octanol–water partition coefficient (Wildman–Crippen LogP) is 3.96. The van der Waals surface area contributed by atoms with E-state index in [2.05, 4.69) is 25.6 Å². The normalized spacial score (nSPS) is 20.0. The summed E-state index contributed by atoms with van der Waals surface area (Å²) in [5.41, 5.74) is 2.29. The van der Waals surface area contributed by atoms with Gasteiger partial charge in [-0.1, -0.05) is 30.5 Å². The Balaban J connectivity index is 1.71. The summed E-state index contributed by atoms with van der Waals surface area (Å²) in [6.45, 7) is 2.81. The van der Waals surface area contributed by atoms with E-state index in [0.717, 1.165) is 43.6 Å². The molecule has 3 aromatic rings. The number of aromatic nitrogens is 4. The maximum Gasteiger partial charge on any atom is 0.227 e. The van der Waals surface area contributed by atoms with Crippen molar-refractivity contribution >= 4 is 40.2 Å². The van der Waals surface area contributed by atoms with Gasteiger partial charge in [0.05, 0.1) is 18.5 Å². The number of aryl methyl sites for hydroxylation is 1. The van der Waals surface area contributed by atoms with Crippen molar-refractivity contribution in [2.45, 2.75) is 51.3 Å². The van der Waals surface area contributed by atoms with Crippen LogP contribution in [0.5, 0.6) is 0 Å². The number of rotatable bonds is 5. The van der Waals surface area contributed by atoms with Gasteiger partial charge in [-0.05, 0) is 38.0 Å². The third kappa shape index (κ3) is 3.84. The zero-order valence-electron chi connectivity index (χ0n) is 15.2. The van der Waals surface area contributed by atoms with Crippen LogP contribution in [0.3, 0.4) is 0 Å². The number of anilines is 3. The number of fused-ring (bicyclic) bond motifs is 1. The van der Waals surface area contributed by atoms with Crippen molar-refractivity contribution in [1.82, 2.24) is 19.5 Å². The summed E-state index contributed by atoms with van der Waals surface area (Å²) >= 11 is 6.10. The molecule has 142 valence electrons. The molecule has 1 aliphatic rings. The molecule has 2 atom stereocenters. The lowest BCUT2D eigenvalue weighted by molar-refractivity contribution is 0.116. The molecule has 8 heteroatoms. The van der Waals surface area contributed by atoms with Gasteiger partial charge in [-0.3, -0.25) is 0 Å². The molecule has 0 radical (unpaired) electrons. The molecule has 1 saturated carbocycles. The number of imidazole rings is 1. The minimum Gasteiger partial charge on any atom is -0.391 e. The van der Waals surface area contributed by atoms with Crippen molar-refractivity contribution in [1.29, 1.82) is 0 Å². The molecule has 0 saturated heterocycles. The molecule has 4 rings (SSSR count). The van der Waals surface area contributed by atoms with Crippen LogP contribution in [0, 0.1) is 0 Å². The topological polar surface area (TPSA) is 87.9 Å². The molecule has 2 unspecified atom stereocenters. The summed E-state index contributed by atoms with van der Waals surface area (Å²) in [6, 6.07) is 7.43. The molecule has 0 amide bonds. The highest BCUT2D eigenvalue weighted by Crippen LogP contribution is 2.27. The van der Waals surface area contributed by atoms with Crippen LogP contribution in [0.15, 0.2) is 30.6 Å². The third-order valence-electron chi connectivity index (χ3n) is 4.94. The minimum absolute atomic E-state index is 0.0341. The number of hydrogen-bond donors (Lipinski definition) is 3. The zero-order valence-corrected chi connectivity index (χ0v) is 15.9. The summed E-state index contributed by atoms with van der Waals surface area (Å²) < 4.78 is 1.97. The standard InChI is InChI=1S/C19H23ClN6O/c1-2-26-11-21-16-17(22-13-7-5-6-12(20)10-13)24-19(25-18(16)26)23-14-8-3-4-9-15(14)27/h5-7,10-11,14-15,27H,2-4,8-9H2,1H3,(H2,22,23,24,25). The second-order valence-corrected chi connectivity index (χ2v) is 7.27. The van der Waals surface area contributed by atoms with Crippen molar-refractivity contribution in [2.75, 3.05) is 10.6 Å². The van der Waals surface area contributed by atoms with Crippen molar-refractivity contribution in [3.8, 4) is 0 Å². The maximum atomic E-state index is 10.3. The van der Waals surface area contributed by atoms with Crippen LogP contribution in [0.2, 0.25) is 5.02 Å². The first-order valence-electron chi connectivity index (χ1n) is 9.34. The second-order valence-electron chi connectivity index (χ2n) is 6.84. The minimum atomic E-state index is -0.376. The third-order valence-corrected chi connectivity index (χ3v) is 5.17. The van der Waals surface area contributed by atoms with Gasteiger partial charge in [-0.2, -0.15) is 9.97 Å². The van der Waals surface area contributed by atoms with E-state index in [1.165, 1.54) is 0 Å². The monoisotopic (exact) mass is 386 g/mol. The Morgan fingerprint density at radius 2 is 2.11 bits per heavy atom. The highest BCUT2D eigenvalue weighted by molar-refractivity contribution is 6.30. The molecule has 0 spiro atoms.